The first kappa shape index (κ1) is 14.2. The average Bonchev–Trinajstić information content (AvgIpc) is 3.08. The fourth-order valence-corrected chi connectivity index (χ4v) is 3.59. The lowest BCUT2D eigenvalue weighted by Gasteiger charge is -2.21. The lowest BCUT2D eigenvalue weighted by atomic mass is 9.95. The van der Waals surface area contributed by atoms with E-state index in [1.807, 2.05) is 12.1 Å². The van der Waals surface area contributed by atoms with E-state index in [9.17, 15) is 0 Å². The van der Waals surface area contributed by atoms with E-state index in [0.29, 0.717) is 18.2 Å². The second-order valence-corrected chi connectivity index (χ2v) is 6.25. The Balaban J connectivity index is 1.68. The first-order chi connectivity index (χ1) is 9.71. The molecular weight excluding hydrogens is 322 g/mol. The Morgan fingerprint density at radius 3 is 2.60 bits per heavy atom. The second-order valence-electron chi connectivity index (χ2n) is 5.40. The third kappa shape index (κ3) is 2.67. The van der Waals surface area contributed by atoms with Crippen LogP contribution in [0.2, 0.25) is 0 Å². The van der Waals surface area contributed by atoms with E-state index in [2.05, 4.69) is 21.2 Å². The number of hydrogen-bond acceptors (Lipinski definition) is 4. The molecule has 3 unspecified atom stereocenters. The Labute approximate surface area is 127 Å². The normalized spacial score (nSPS) is 27.9. The quantitative estimate of drug-likeness (QED) is 0.893. The number of benzene rings is 1. The summed E-state index contributed by atoms with van der Waals surface area (Å²) in [5, 5.41) is 3.61. The fourth-order valence-electron chi connectivity index (χ4n) is 3.13. The molecule has 1 aromatic rings. The Morgan fingerprint density at radius 2 is 2.00 bits per heavy atom. The number of methoxy groups -OCH3 is 2. The molecule has 0 amide bonds. The van der Waals surface area contributed by atoms with Gasteiger partial charge in [0.2, 0.25) is 0 Å². The minimum absolute atomic E-state index is 0.402. The van der Waals surface area contributed by atoms with E-state index in [-0.39, 0.29) is 0 Å². The van der Waals surface area contributed by atoms with Crippen molar-refractivity contribution < 1.29 is 14.2 Å². The molecular formula is C15H20BrNO3. The first-order valence-electron chi connectivity index (χ1n) is 7.00. The summed E-state index contributed by atoms with van der Waals surface area (Å²) in [5.41, 5.74) is 1.17. The highest BCUT2D eigenvalue weighted by atomic mass is 79.9. The van der Waals surface area contributed by atoms with E-state index in [0.717, 1.165) is 28.9 Å². The molecule has 2 aliphatic heterocycles. The van der Waals surface area contributed by atoms with Crippen LogP contribution in [-0.4, -0.2) is 32.5 Å². The average molecular weight is 342 g/mol. The van der Waals surface area contributed by atoms with Crippen LogP contribution in [0.15, 0.2) is 16.6 Å². The smallest absolute Gasteiger partial charge is 0.161 e. The van der Waals surface area contributed by atoms with Crippen LogP contribution < -0.4 is 14.8 Å². The number of halogens is 1. The van der Waals surface area contributed by atoms with Gasteiger partial charge in [-0.15, -0.1) is 0 Å². The van der Waals surface area contributed by atoms with Crippen LogP contribution in [0.1, 0.15) is 24.8 Å². The predicted molar refractivity (Wildman–Crippen MR) is 80.4 cm³/mol. The van der Waals surface area contributed by atoms with Gasteiger partial charge in [-0.25, -0.2) is 0 Å². The summed E-state index contributed by atoms with van der Waals surface area (Å²) in [4.78, 5) is 0. The summed E-state index contributed by atoms with van der Waals surface area (Å²) in [6.45, 7) is 0.804. The van der Waals surface area contributed by atoms with Crippen LogP contribution in [0.5, 0.6) is 11.5 Å². The highest BCUT2D eigenvalue weighted by molar-refractivity contribution is 9.10. The van der Waals surface area contributed by atoms with Crippen LogP contribution in [0.4, 0.5) is 0 Å². The van der Waals surface area contributed by atoms with Gasteiger partial charge in [-0.05, 0) is 37.0 Å². The molecule has 2 heterocycles. The molecule has 0 saturated carbocycles. The summed E-state index contributed by atoms with van der Waals surface area (Å²) in [6, 6.07) is 4.45. The van der Waals surface area contributed by atoms with Crippen molar-refractivity contribution in [2.75, 3.05) is 14.2 Å². The molecule has 110 valence electrons. The number of rotatable bonds is 5. The molecule has 3 atom stereocenters. The Kier molecular flexibility index (Phi) is 4.19. The number of nitrogens with one attached hydrogen (secondary N) is 1. The van der Waals surface area contributed by atoms with Gasteiger partial charge >= 0.3 is 0 Å². The molecule has 0 spiro atoms. The minimum Gasteiger partial charge on any atom is -0.493 e. The van der Waals surface area contributed by atoms with Gasteiger partial charge in [0, 0.05) is 17.1 Å². The van der Waals surface area contributed by atoms with Crippen LogP contribution in [0.3, 0.4) is 0 Å². The SMILES string of the molecule is COc1cc(Br)c(CNC2CC3CCC2O3)cc1OC. The lowest BCUT2D eigenvalue weighted by molar-refractivity contribution is 0.0973. The van der Waals surface area contributed by atoms with Crippen LogP contribution in [0, 0.1) is 0 Å². The zero-order valence-electron chi connectivity index (χ0n) is 11.8. The zero-order valence-corrected chi connectivity index (χ0v) is 13.4. The summed E-state index contributed by atoms with van der Waals surface area (Å²) in [6.07, 6.45) is 4.43. The standard InChI is InChI=1S/C15H20BrNO3/c1-18-14-5-9(11(16)7-15(14)19-2)8-17-12-6-10-3-4-13(12)20-10/h5,7,10,12-13,17H,3-4,6,8H2,1-2H3. The van der Waals surface area contributed by atoms with E-state index < -0.39 is 0 Å². The summed E-state index contributed by atoms with van der Waals surface area (Å²) >= 11 is 3.60. The fraction of sp³-hybridized carbons (Fsp3) is 0.600. The van der Waals surface area contributed by atoms with Gasteiger partial charge in [0.05, 0.1) is 26.4 Å². The topological polar surface area (TPSA) is 39.7 Å². The second kappa shape index (κ2) is 5.92. The van der Waals surface area contributed by atoms with Crippen LogP contribution in [-0.2, 0) is 11.3 Å². The van der Waals surface area contributed by atoms with E-state index >= 15 is 0 Å². The molecule has 4 nitrogen and oxygen atoms in total. The summed E-state index contributed by atoms with van der Waals surface area (Å²) < 4.78 is 17.5. The van der Waals surface area contributed by atoms with Gasteiger partial charge < -0.3 is 19.5 Å². The van der Waals surface area contributed by atoms with Gasteiger partial charge in [0.15, 0.2) is 11.5 Å². The third-order valence-electron chi connectivity index (χ3n) is 4.21. The number of hydrogen-bond donors (Lipinski definition) is 1. The van der Waals surface area contributed by atoms with Gasteiger partial charge in [0.1, 0.15) is 0 Å². The van der Waals surface area contributed by atoms with Gasteiger partial charge in [-0.2, -0.15) is 0 Å². The largest absolute Gasteiger partial charge is 0.493 e. The minimum atomic E-state index is 0.402. The van der Waals surface area contributed by atoms with Crippen molar-refractivity contribution in [3.63, 3.8) is 0 Å². The van der Waals surface area contributed by atoms with Gasteiger partial charge in [-0.3, -0.25) is 0 Å². The van der Waals surface area contributed by atoms with Crippen LogP contribution in [0.25, 0.3) is 0 Å². The lowest BCUT2D eigenvalue weighted by Crippen LogP contribution is -2.37. The Morgan fingerprint density at radius 1 is 1.25 bits per heavy atom. The molecule has 2 bridgehead atoms. The molecule has 5 heteroatoms. The summed E-state index contributed by atoms with van der Waals surface area (Å²) in [5.74, 6) is 1.50. The predicted octanol–water partition coefficient (Wildman–Crippen LogP) is 2.88. The molecule has 2 aliphatic rings. The monoisotopic (exact) mass is 341 g/mol. The third-order valence-corrected chi connectivity index (χ3v) is 4.95. The molecule has 2 fully saturated rings. The molecule has 20 heavy (non-hydrogen) atoms. The molecule has 1 N–H and O–H groups in total. The van der Waals surface area contributed by atoms with Crippen molar-refractivity contribution in [1.29, 1.82) is 0 Å². The molecule has 1 aromatic carbocycles. The highest BCUT2D eigenvalue weighted by Crippen LogP contribution is 2.36. The molecule has 0 aliphatic carbocycles. The molecule has 0 radical (unpaired) electrons. The van der Waals surface area contributed by atoms with Crippen molar-refractivity contribution in [3.05, 3.63) is 22.2 Å². The highest BCUT2D eigenvalue weighted by Gasteiger charge is 2.40. The van der Waals surface area contributed by atoms with Crippen molar-refractivity contribution >= 4 is 15.9 Å². The molecule has 0 aromatic heterocycles. The van der Waals surface area contributed by atoms with Crippen molar-refractivity contribution in [2.24, 2.45) is 0 Å². The Hall–Kier alpha value is -0.780. The molecule has 3 rings (SSSR count). The maximum Gasteiger partial charge on any atom is 0.161 e. The maximum atomic E-state index is 5.87. The van der Waals surface area contributed by atoms with E-state index in [4.69, 9.17) is 14.2 Å². The van der Waals surface area contributed by atoms with Gasteiger partial charge in [0.25, 0.3) is 0 Å². The number of ether oxygens (including phenoxy) is 3. The van der Waals surface area contributed by atoms with Crippen molar-refractivity contribution in [2.45, 2.75) is 44.1 Å². The van der Waals surface area contributed by atoms with E-state index in [1.54, 1.807) is 14.2 Å². The first-order valence-corrected chi connectivity index (χ1v) is 7.79. The Bertz CT molecular complexity index is 494. The molecule has 2 saturated heterocycles. The van der Waals surface area contributed by atoms with Gasteiger partial charge in [-0.1, -0.05) is 15.9 Å². The van der Waals surface area contributed by atoms with Crippen LogP contribution >= 0.6 is 15.9 Å². The van der Waals surface area contributed by atoms with E-state index in [1.165, 1.54) is 18.4 Å². The number of fused-ring (bicyclic) bond motifs is 2. The van der Waals surface area contributed by atoms with Crippen molar-refractivity contribution in [3.8, 4) is 11.5 Å². The maximum absolute atomic E-state index is 5.87. The van der Waals surface area contributed by atoms with Crippen molar-refractivity contribution in [1.82, 2.24) is 5.32 Å². The summed E-state index contributed by atoms with van der Waals surface area (Å²) in [7, 11) is 3.31. The zero-order chi connectivity index (χ0) is 14.1.